The zero-order valence-electron chi connectivity index (χ0n) is 19.7. The molecule has 0 bridgehead atoms. The van der Waals surface area contributed by atoms with Gasteiger partial charge in [-0.3, -0.25) is 9.89 Å². The molecule has 176 valence electrons. The molecule has 3 fully saturated rings. The lowest BCUT2D eigenvalue weighted by Crippen LogP contribution is -2.58. The highest BCUT2D eigenvalue weighted by atomic mass is 16.6. The minimum Gasteiger partial charge on any atom is -0.444 e. The Kier molecular flexibility index (Phi) is 6.96. The summed E-state index contributed by atoms with van der Waals surface area (Å²) in [6.45, 7) is 14.7. The molecule has 1 saturated carbocycles. The number of hydrogen-bond donors (Lipinski definition) is 1. The number of fused-ring (bicyclic) bond motifs is 1. The summed E-state index contributed by atoms with van der Waals surface area (Å²) in [6.07, 6.45) is 6.40. The Hall–Kier alpha value is -1.54. The fourth-order valence-corrected chi connectivity index (χ4v) is 5.42. The Bertz CT molecular complexity index is 650. The maximum Gasteiger partial charge on any atom is 0.410 e. The van der Waals surface area contributed by atoms with Crippen molar-refractivity contribution in [2.24, 2.45) is 10.4 Å². The average Bonchev–Trinajstić information content (AvgIpc) is 3.15. The molecular formula is C23H41N5O3. The van der Waals surface area contributed by atoms with Gasteiger partial charge in [0, 0.05) is 51.2 Å². The van der Waals surface area contributed by atoms with Gasteiger partial charge in [0.25, 0.3) is 0 Å². The smallest absolute Gasteiger partial charge is 0.410 e. The van der Waals surface area contributed by atoms with Crippen molar-refractivity contribution in [2.45, 2.75) is 64.5 Å². The molecule has 8 heteroatoms. The summed E-state index contributed by atoms with van der Waals surface area (Å²) in [5.74, 6) is 1.03. The highest BCUT2D eigenvalue weighted by Gasteiger charge is 2.39. The monoisotopic (exact) mass is 435 g/mol. The van der Waals surface area contributed by atoms with Crippen LogP contribution >= 0.6 is 0 Å². The number of guanidine groups is 1. The van der Waals surface area contributed by atoms with E-state index in [-0.39, 0.29) is 12.1 Å². The van der Waals surface area contributed by atoms with Crippen molar-refractivity contribution in [3.63, 3.8) is 0 Å². The molecule has 4 rings (SSSR count). The Morgan fingerprint density at radius 1 is 1.16 bits per heavy atom. The largest absolute Gasteiger partial charge is 0.444 e. The van der Waals surface area contributed by atoms with E-state index in [1.165, 1.54) is 32.1 Å². The second kappa shape index (κ2) is 9.53. The van der Waals surface area contributed by atoms with Crippen LogP contribution < -0.4 is 5.32 Å². The van der Waals surface area contributed by atoms with Crippen molar-refractivity contribution in [3.8, 4) is 0 Å². The molecule has 0 aromatic rings. The third-order valence-corrected chi connectivity index (χ3v) is 7.06. The van der Waals surface area contributed by atoms with Gasteiger partial charge in [-0.05, 0) is 33.6 Å². The molecular weight excluding hydrogens is 394 g/mol. The lowest BCUT2D eigenvalue weighted by Gasteiger charge is -2.43. The van der Waals surface area contributed by atoms with Gasteiger partial charge in [-0.25, -0.2) is 4.79 Å². The van der Waals surface area contributed by atoms with Gasteiger partial charge in [0.2, 0.25) is 0 Å². The van der Waals surface area contributed by atoms with Crippen molar-refractivity contribution in [3.05, 3.63) is 0 Å². The Morgan fingerprint density at radius 3 is 2.61 bits per heavy atom. The molecule has 8 nitrogen and oxygen atoms in total. The van der Waals surface area contributed by atoms with Crippen LogP contribution in [0, 0.1) is 5.41 Å². The van der Waals surface area contributed by atoms with Crippen LogP contribution in [-0.2, 0) is 9.47 Å². The number of rotatable bonds is 4. The standard InChI is InChI=1S/C23H41N5O3/c1-22(2,3)31-21(29)27-9-10-28-19(16-27)15-24-20(28)25-17-23(7-5-4-6-8-23)18-26-11-13-30-14-12-26/h19H,4-18H2,1-3H3,(H,24,25). The number of aliphatic imine (C=N–C) groups is 1. The highest BCUT2D eigenvalue weighted by Crippen LogP contribution is 2.37. The Balaban J connectivity index is 1.31. The quantitative estimate of drug-likeness (QED) is 0.730. The molecule has 1 N–H and O–H groups in total. The van der Waals surface area contributed by atoms with Gasteiger partial charge in [-0.1, -0.05) is 19.3 Å². The molecule has 2 saturated heterocycles. The molecule has 1 atom stereocenters. The van der Waals surface area contributed by atoms with Gasteiger partial charge in [0.1, 0.15) is 5.60 Å². The molecule has 0 aromatic carbocycles. The molecule has 31 heavy (non-hydrogen) atoms. The third-order valence-electron chi connectivity index (χ3n) is 7.06. The SMILES string of the molecule is CC(C)(C)OC(=O)N1CCN2C(NCC3(CN4CCOCC4)CCCCC3)=NCC2C1. The number of morpholine rings is 1. The first kappa shape index (κ1) is 22.6. The summed E-state index contributed by atoms with van der Waals surface area (Å²) in [4.78, 5) is 24.1. The Labute approximate surface area is 187 Å². The molecule has 3 aliphatic heterocycles. The normalized spacial score (nSPS) is 26.9. The second-order valence-electron chi connectivity index (χ2n) is 10.7. The summed E-state index contributed by atoms with van der Waals surface area (Å²) in [5, 5.41) is 3.75. The van der Waals surface area contributed by atoms with Crippen LogP contribution in [0.15, 0.2) is 4.99 Å². The maximum atomic E-state index is 12.5. The molecule has 1 aliphatic carbocycles. The molecule has 3 heterocycles. The fourth-order valence-electron chi connectivity index (χ4n) is 5.42. The molecule has 1 amide bonds. The first-order chi connectivity index (χ1) is 14.8. The van der Waals surface area contributed by atoms with Crippen LogP contribution in [0.4, 0.5) is 4.79 Å². The van der Waals surface area contributed by atoms with E-state index in [1.54, 1.807) is 0 Å². The summed E-state index contributed by atoms with van der Waals surface area (Å²) < 4.78 is 11.1. The van der Waals surface area contributed by atoms with Crippen molar-refractivity contribution in [1.29, 1.82) is 0 Å². The van der Waals surface area contributed by atoms with E-state index < -0.39 is 5.60 Å². The predicted octanol–water partition coefficient (Wildman–Crippen LogP) is 2.15. The average molecular weight is 436 g/mol. The minimum absolute atomic E-state index is 0.208. The molecule has 0 aromatic heterocycles. The van der Waals surface area contributed by atoms with Crippen LogP contribution in [0.3, 0.4) is 0 Å². The van der Waals surface area contributed by atoms with E-state index >= 15 is 0 Å². The highest BCUT2D eigenvalue weighted by molar-refractivity contribution is 5.82. The molecule has 0 spiro atoms. The lowest BCUT2D eigenvalue weighted by atomic mass is 9.73. The minimum atomic E-state index is -0.456. The van der Waals surface area contributed by atoms with Crippen LogP contribution in [0.5, 0.6) is 0 Å². The first-order valence-electron chi connectivity index (χ1n) is 12.2. The zero-order chi connectivity index (χ0) is 21.9. The Morgan fingerprint density at radius 2 is 1.90 bits per heavy atom. The van der Waals surface area contributed by atoms with Crippen LogP contribution in [0.2, 0.25) is 0 Å². The summed E-state index contributed by atoms with van der Waals surface area (Å²) in [6, 6.07) is 0.255. The van der Waals surface area contributed by atoms with Crippen molar-refractivity contribution >= 4 is 12.1 Å². The van der Waals surface area contributed by atoms with Crippen LogP contribution in [0.25, 0.3) is 0 Å². The number of nitrogens with zero attached hydrogens (tertiary/aromatic N) is 4. The summed E-state index contributed by atoms with van der Waals surface area (Å²) in [7, 11) is 0. The fraction of sp³-hybridized carbons (Fsp3) is 0.913. The van der Waals surface area contributed by atoms with Gasteiger partial charge in [0.15, 0.2) is 5.96 Å². The van der Waals surface area contributed by atoms with Gasteiger partial charge in [-0.2, -0.15) is 0 Å². The first-order valence-corrected chi connectivity index (χ1v) is 12.2. The van der Waals surface area contributed by atoms with Gasteiger partial charge in [-0.15, -0.1) is 0 Å². The number of amides is 1. The molecule has 1 unspecified atom stereocenters. The van der Waals surface area contributed by atoms with E-state index in [9.17, 15) is 4.79 Å². The van der Waals surface area contributed by atoms with Crippen LogP contribution in [0.1, 0.15) is 52.9 Å². The van der Waals surface area contributed by atoms with E-state index in [4.69, 9.17) is 14.5 Å². The molecule has 4 aliphatic rings. The lowest BCUT2D eigenvalue weighted by molar-refractivity contribution is 0.00771. The summed E-state index contributed by atoms with van der Waals surface area (Å²) in [5.41, 5.74) is -0.129. The van der Waals surface area contributed by atoms with E-state index in [0.29, 0.717) is 18.5 Å². The number of carbonyl (C=O) groups excluding carboxylic acids is 1. The number of carbonyl (C=O) groups is 1. The van der Waals surface area contributed by atoms with Gasteiger partial charge < -0.3 is 24.6 Å². The van der Waals surface area contributed by atoms with E-state index in [2.05, 4.69) is 15.1 Å². The predicted molar refractivity (Wildman–Crippen MR) is 121 cm³/mol. The topological polar surface area (TPSA) is 69.6 Å². The number of nitrogens with one attached hydrogen (secondary N) is 1. The van der Waals surface area contributed by atoms with Crippen molar-refractivity contribution in [2.75, 3.05) is 65.6 Å². The second-order valence-corrected chi connectivity index (χ2v) is 10.7. The van der Waals surface area contributed by atoms with Crippen molar-refractivity contribution < 1.29 is 14.3 Å². The molecule has 0 radical (unpaired) electrons. The number of piperazine rings is 1. The zero-order valence-corrected chi connectivity index (χ0v) is 19.7. The van der Waals surface area contributed by atoms with Gasteiger partial charge in [0.05, 0.1) is 25.8 Å². The number of hydrogen-bond acceptors (Lipinski definition) is 7. The summed E-state index contributed by atoms with van der Waals surface area (Å²) >= 11 is 0. The third kappa shape index (κ3) is 5.83. The van der Waals surface area contributed by atoms with Crippen LogP contribution in [-0.4, -0.2) is 104 Å². The van der Waals surface area contributed by atoms with E-state index in [1.807, 2.05) is 25.7 Å². The van der Waals surface area contributed by atoms with E-state index in [0.717, 1.165) is 58.4 Å². The number of ether oxygens (including phenoxy) is 2. The maximum absolute atomic E-state index is 12.5. The van der Waals surface area contributed by atoms with Crippen molar-refractivity contribution in [1.82, 2.24) is 20.0 Å². The van der Waals surface area contributed by atoms with Gasteiger partial charge >= 0.3 is 6.09 Å².